The molecule has 160 valence electrons. The van der Waals surface area contributed by atoms with Gasteiger partial charge in [-0.05, 0) is 49.0 Å². The van der Waals surface area contributed by atoms with Gasteiger partial charge in [-0.2, -0.15) is 0 Å². The number of rotatable bonds is 9. The first kappa shape index (κ1) is 23.8. The lowest BCUT2D eigenvalue weighted by molar-refractivity contribution is 0.0960. The number of carbonyl (C=O) groups excluding carboxylic acids is 2. The van der Waals surface area contributed by atoms with E-state index in [1.807, 2.05) is 6.07 Å². The van der Waals surface area contributed by atoms with Gasteiger partial charge >= 0.3 is 0 Å². The van der Waals surface area contributed by atoms with Crippen molar-refractivity contribution in [3.05, 3.63) is 58.1 Å². The van der Waals surface area contributed by atoms with Crippen LogP contribution in [0.1, 0.15) is 53.3 Å². The Labute approximate surface area is 190 Å². The number of carbonyl (C=O) groups is 2. The Bertz CT molecular complexity index is 905. The summed E-state index contributed by atoms with van der Waals surface area (Å²) in [4.78, 5) is 24.8. The first-order valence-electron chi connectivity index (χ1n) is 9.82. The highest BCUT2D eigenvalue weighted by Gasteiger charge is 2.16. The molecule has 0 aliphatic heterocycles. The summed E-state index contributed by atoms with van der Waals surface area (Å²) in [5, 5.41) is 8.23. The maximum absolute atomic E-state index is 12.8. The third kappa shape index (κ3) is 7.11. The fourth-order valence-electron chi connectivity index (χ4n) is 2.77. The van der Waals surface area contributed by atoms with Crippen LogP contribution in [0.3, 0.4) is 0 Å². The minimum atomic E-state index is -0.394. The molecule has 0 aliphatic rings. The molecule has 8 heteroatoms. The average Bonchev–Trinajstić information content (AvgIpc) is 2.74. The monoisotopic (exact) mass is 491 g/mol. The number of nitrogens with one attached hydrogen (secondary N) is 3. The SMILES string of the molecule is CCCCCCOc1ccc(Br)cc1C(=O)NC(=S)Nc1ccccc1C(=O)NC. The third-order valence-electron chi connectivity index (χ3n) is 4.32. The predicted molar refractivity (Wildman–Crippen MR) is 127 cm³/mol. The topological polar surface area (TPSA) is 79.5 Å². The van der Waals surface area contributed by atoms with Gasteiger partial charge in [-0.1, -0.05) is 54.2 Å². The van der Waals surface area contributed by atoms with Gasteiger partial charge in [0.2, 0.25) is 0 Å². The highest BCUT2D eigenvalue weighted by Crippen LogP contribution is 2.24. The van der Waals surface area contributed by atoms with Crippen molar-refractivity contribution in [2.75, 3.05) is 19.0 Å². The Morgan fingerprint density at radius 3 is 2.53 bits per heavy atom. The summed E-state index contributed by atoms with van der Waals surface area (Å²) < 4.78 is 6.59. The van der Waals surface area contributed by atoms with E-state index in [1.54, 1.807) is 43.4 Å². The molecule has 0 saturated carbocycles. The van der Waals surface area contributed by atoms with E-state index in [-0.39, 0.29) is 11.0 Å². The predicted octanol–water partition coefficient (Wildman–Crippen LogP) is 4.89. The molecule has 6 nitrogen and oxygen atoms in total. The van der Waals surface area contributed by atoms with E-state index in [0.29, 0.717) is 29.2 Å². The van der Waals surface area contributed by atoms with Gasteiger partial charge in [0.05, 0.1) is 23.4 Å². The summed E-state index contributed by atoms with van der Waals surface area (Å²) in [5.74, 6) is -0.145. The molecule has 0 spiro atoms. The molecule has 2 amide bonds. The molecule has 0 atom stereocenters. The standard InChI is InChI=1S/C22H26BrN3O3S/c1-3-4-5-8-13-29-19-12-11-15(23)14-17(19)21(28)26-22(30)25-18-10-7-6-9-16(18)20(27)24-2/h6-7,9-12,14H,3-5,8,13H2,1-2H3,(H,24,27)(H2,25,26,28,30). The number of ether oxygens (including phenoxy) is 1. The fraction of sp³-hybridized carbons (Fsp3) is 0.318. The van der Waals surface area contributed by atoms with Gasteiger partial charge in [0, 0.05) is 11.5 Å². The van der Waals surface area contributed by atoms with Gasteiger partial charge in [0.1, 0.15) is 5.75 Å². The van der Waals surface area contributed by atoms with Crippen molar-refractivity contribution in [3.8, 4) is 5.75 Å². The largest absolute Gasteiger partial charge is 0.493 e. The summed E-state index contributed by atoms with van der Waals surface area (Å²) in [5.41, 5.74) is 1.31. The lowest BCUT2D eigenvalue weighted by Gasteiger charge is -2.15. The lowest BCUT2D eigenvalue weighted by atomic mass is 10.1. The van der Waals surface area contributed by atoms with Crippen LogP contribution in [0.2, 0.25) is 0 Å². The van der Waals surface area contributed by atoms with Crippen LogP contribution >= 0.6 is 28.1 Å². The van der Waals surface area contributed by atoms with E-state index in [1.165, 1.54) is 0 Å². The Kier molecular flexibility index (Phi) is 9.76. The van der Waals surface area contributed by atoms with Crippen LogP contribution in [0.4, 0.5) is 5.69 Å². The molecule has 2 aromatic rings. The van der Waals surface area contributed by atoms with E-state index < -0.39 is 5.91 Å². The Morgan fingerprint density at radius 2 is 1.80 bits per heavy atom. The van der Waals surface area contributed by atoms with Crippen molar-refractivity contribution in [3.63, 3.8) is 0 Å². The van der Waals surface area contributed by atoms with Crippen LogP contribution < -0.4 is 20.7 Å². The van der Waals surface area contributed by atoms with Crippen LogP contribution in [0.25, 0.3) is 0 Å². The van der Waals surface area contributed by atoms with Gasteiger partial charge in [-0.3, -0.25) is 14.9 Å². The van der Waals surface area contributed by atoms with Crippen LogP contribution in [0, 0.1) is 0 Å². The minimum Gasteiger partial charge on any atom is -0.493 e. The Hall–Kier alpha value is -2.45. The van der Waals surface area contributed by atoms with E-state index >= 15 is 0 Å². The van der Waals surface area contributed by atoms with Crippen molar-refractivity contribution in [1.82, 2.24) is 10.6 Å². The number of anilines is 1. The molecule has 3 N–H and O–H groups in total. The van der Waals surface area contributed by atoms with Gasteiger partial charge in [-0.25, -0.2) is 0 Å². The van der Waals surface area contributed by atoms with Crippen LogP contribution in [-0.4, -0.2) is 30.6 Å². The smallest absolute Gasteiger partial charge is 0.261 e. The second-order valence-corrected chi connectivity index (χ2v) is 7.91. The first-order chi connectivity index (χ1) is 14.5. The number of benzene rings is 2. The van der Waals surface area contributed by atoms with Crippen molar-refractivity contribution in [1.29, 1.82) is 0 Å². The van der Waals surface area contributed by atoms with Gasteiger partial charge in [-0.15, -0.1) is 0 Å². The van der Waals surface area contributed by atoms with Crippen LogP contribution in [0.5, 0.6) is 5.75 Å². The number of thiocarbonyl (C=S) groups is 1. The molecule has 0 radical (unpaired) electrons. The molecule has 0 bridgehead atoms. The van der Waals surface area contributed by atoms with Crippen molar-refractivity contribution < 1.29 is 14.3 Å². The first-order valence-corrected chi connectivity index (χ1v) is 11.0. The second-order valence-electron chi connectivity index (χ2n) is 6.58. The van der Waals surface area contributed by atoms with Crippen molar-refractivity contribution >= 4 is 50.8 Å². The second kappa shape index (κ2) is 12.3. The molecule has 2 rings (SSSR count). The van der Waals surface area contributed by atoms with Crippen LogP contribution in [0.15, 0.2) is 46.9 Å². The molecule has 0 aromatic heterocycles. The number of amides is 2. The number of halogens is 1. The molecule has 0 saturated heterocycles. The zero-order valence-electron chi connectivity index (χ0n) is 17.1. The Morgan fingerprint density at radius 1 is 1.03 bits per heavy atom. The summed E-state index contributed by atoms with van der Waals surface area (Å²) in [6.07, 6.45) is 4.34. The number of para-hydroxylation sites is 1. The summed E-state index contributed by atoms with van der Waals surface area (Å²) >= 11 is 8.67. The maximum atomic E-state index is 12.8. The minimum absolute atomic E-state index is 0.0882. The number of unbranched alkanes of at least 4 members (excludes halogenated alkanes) is 3. The lowest BCUT2D eigenvalue weighted by Crippen LogP contribution is -2.35. The van der Waals surface area contributed by atoms with Gasteiger partial charge < -0.3 is 15.4 Å². The molecule has 0 aliphatic carbocycles. The summed E-state index contributed by atoms with van der Waals surface area (Å²) in [6.45, 7) is 2.70. The molecular weight excluding hydrogens is 466 g/mol. The highest BCUT2D eigenvalue weighted by molar-refractivity contribution is 9.10. The summed E-state index contributed by atoms with van der Waals surface area (Å²) in [6, 6.07) is 12.2. The summed E-state index contributed by atoms with van der Waals surface area (Å²) in [7, 11) is 1.55. The van der Waals surface area contributed by atoms with Crippen molar-refractivity contribution in [2.45, 2.75) is 32.6 Å². The van der Waals surface area contributed by atoms with E-state index in [4.69, 9.17) is 17.0 Å². The molecule has 0 fully saturated rings. The van der Waals surface area contributed by atoms with Crippen LogP contribution in [-0.2, 0) is 0 Å². The van der Waals surface area contributed by atoms with Gasteiger partial charge in [0.25, 0.3) is 11.8 Å². The van der Waals surface area contributed by atoms with Crippen molar-refractivity contribution in [2.24, 2.45) is 0 Å². The van der Waals surface area contributed by atoms with Gasteiger partial charge in [0.15, 0.2) is 5.11 Å². The molecule has 0 heterocycles. The quantitative estimate of drug-likeness (QED) is 0.343. The zero-order chi connectivity index (χ0) is 21.9. The molecule has 2 aromatic carbocycles. The van der Waals surface area contributed by atoms with E-state index in [9.17, 15) is 9.59 Å². The molecule has 30 heavy (non-hydrogen) atoms. The average molecular weight is 492 g/mol. The molecular formula is C22H26BrN3O3S. The molecule has 0 unspecified atom stereocenters. The number of hydrogen-bond donors (Lipinski definition) is 3. The number of hydrogen-bond acceptors (Lipinski definition) is 4. The highest BCUT2D eigenvalue weighted by atomic mass is 79.9. The third-order valence-corrected chi connectivity index (χ3v) is 5.01. The van der Waals surface area contributed by atoms with E-state index in [0.717, 1.165) is 30.2 Å². The Balaban J connectivity index is 2.06. The maximum Gasteiger partial charge on any atom is 0.261 e. The zero-order valence-corrected chi connectivity index (χ0v) is 19.5. The normalized spacial score (nSPS) is 10.2. The fourth-order valence-corrected chi connectivity index (χ4v) is 3.33. The van der Waals surface area contributed by atoms with E-state index in [2.05, 4.69) is 38.8 Å².